The molecule has 0 bridgehead atoms. The molecule has 0 nitrogen and oxygen atoms in total. The minimum absolute atomic E-state index is 0.604. The molecule has 0 amide bonds. The summed E-state index contributed by atoms with van der Waals surface area (Å²) in [6.45, 7) is 4.73. The lowest BCUT2D eigenvalue weighted by atomic mass is 9.65. The van der Waals surface area contributed by atoms with Crippen LogP contribution in [0.2, 0.25) is 0 Å². The highest BCUT2D eigenvalue weighted by Crippen LogP contribution is 2.45. The van der Waals surface area contributed by atoms with E-state index in [1.807, 2.05) is 0 Å². The van der Waals surface area contributed by atoms with E-state index in [4.69, 9.17) is 0 Å². The van der Waals surface area contributed by atoms with Crippen molar-refractivity contribution in [2.24, 2.45) is 11.3 Å². The van der Waals surface area contributed by atoms with E-state index >= 15 is 0 Å². The van der Waals surface area contributed by atoms with Crippen molar-refractivity contribution in [1.82, 2.24) is 0 Å². The van der Waals surface area contributed by atoms with Gasteiger partial charge in [-0.1, -0.05) is 42.6 Å². The molecular weight excluding hydrogens is 200 g/mol. The fourth-order valence-electron chi connectivity index (χ4n) is 2.06. The molecule has 1 aliphatic rings. The summed E-state index contributed by atoms with van der Waals surface area (Å²) in [6, 6.07) is 0. The minimum Gasteiger partial charge on any atom is -0.0922 e. The molecule has 1 rings (SSSR count). The zero-order chi connectivity index (χ0) is 8.32. The lowest BCUT2D eigenvalue weighted by molar-refractivity contribution is 0.116. The van der Waals surface area contributed by atoms with Crippen molar-refractivity contribution in [3.05, 3.63) is 0 Å². The topological polar surface area (TPSA) is 0 Å². The first-order valence-corrected chi connectivity index (χ1v) is 5.91. The zero-order valence-electron chi connectivity index (χ0n) is 7.70. The van der Waals surface area contributed by atoms with Crippen LogP contribution in [0.5, 0.6) is 0 Å². The van der Waals surface area contributed by atoms with Crippen LogP contribution >= 0.6 is 15.9 Å². The molecule has 1 unspecified atom stereocenters. The Hall–Kier alpha value is 0.480. The summed E-state index contributed by atoms with van der Waals surface area (Å²) in [6.07, 6.45) is 7.14. The number of alkyl halides is 1. The fourth-order valence-corrected chi connectivity index (χ4v) is 2.79. The summed E-state index contributed by atoms with van der Waals surface area (Å²) in [5.74, 6) is 1.02. The highest BCUT2D eigenvalue weighted by atomic mass is 79.9. The number of halogens is 1. The maximum Gasteiger partial charge on any atom is 0.00879 e. The van der Waals surface area contributed by atoms with Crippen LogP contribution in [-0.4, -0.2) is 5.33 Å². The van der Waals surface area contributed by atoms with E-state index in [0.717, 1.165) is 5.92 Å². The second-order valence-corrected chi connectivity index (χ2v) is 4.73. The van der Waals surface area contributed by atoms with Crippen molar-refractivity contribution in [3.63, 3.8) is 0 Å². The Kier molecular flexibility index (Phi) is 3.42. The van der Waals surface area contributed by atoms with E-state index in [1.165, 1.54) is 37.4 Å². The van der Waals surface area contributed by atoms with Crippen molar-refractivity contribution in [1.29, 1.82) is 0 Å². The van der Waals surface area contributed by atoms with Gasteiger partial charge in [-0.15, -0.1) is 0 Å². The summed E-state index contributed by atoms with van der Waals surface area (Å²) >= 11 is 3.65. The molecule has 0 radical (unpaired) electrons. The number of hydrogen-bond donors (Lipinski definition) is 0. The van der Waals surface area contributed by atoms with E-state index in [0.29, 0.717) is 5.41 Å². The van der Waals surface area contributed by atoms with Gasteiger partial charge < -0.3 is 0 Å². The number of hydrogen-bond acceptors (Lipinski definition) is 0. The van der Waals surface area contributed by atoms with Crippen LogP contribution in [0.3, 0.4) is 0 Å². The lowest BCUT2D eigenvalue weighted by Gasteiger charge is -2.42. The Morgan fingerprint density at radius 1 is 1.45 bits per heavy atom. The van der Waals surface area contributed by atoms with Crippen LogP contribution in [0.1, 0.15) is 46.0 Å². The van der Waals surface area contributed by atoms with Crippen LogP contribution in [0.25, 0.3) is 0 Å². The Bertz CT molecular complexity index is 118. The molecule has 1 fully saturated rings. The predicted octanol–water partition coefficient (Wildman–Crippen LogP) is 3.99. The standard InChI is InChI=1S/C10H19Br/c1-3-7-10(2,8-11)9-5-4-6-9/h9H,3-8H2,1-2H3. The van der Waals surface area contributed by atoms with E-state index in [1.54, 1.807) is 0 Å². The van der Waals surface area contributed by atoms with Gasteiger partial charge in [0.05, 0.1) is 0 Å². The van der Waals surface area contributed by atoms with Gasteiger partial charge in [-0.3, -0.25) is 0 Å². The SMILES string of the molecule is CCCC(C)(CBr)C1CCC1. The second kappa shape index (κ2) is 3.93. The molecule has 0 aliphatic heterocycles. The average Bonchev–Trinajstić information content (AvgIpc) is 1.84. The third-order valence-corrected chi connectivity index (χ3v) is 4.50. The van der Waals surface area contributed by atoms with E-state index in [2.05, 4.69) is 29.8 Å². The monoisotopic (exact) mass is 218 g/mol. The average molecular weight is 219 g/mol. The maximum absolute atomic E-state index is 3.65. The molecule has 1 saturated carbocycles. The lowest BCUT2D eigenvalue weighted by Crippen LogP contribution is -2.33. The molecule has 1 heteroatoms. The van der Waals surface area contributed by atoms with Gasteiger partial charge in [-0.25, -0.2) is 0 Å². The molecule has 0 spiro atoms. The van der Waals surface area contributed by atoms with Crippen LogP contribution < -0.4 is 0 Å². The van der Waals surface area contributed by atoms with Crippen LogP contribution in [-0.2, 0) is 0 Å². The van der Waals surface area contributed by atoms with Crippen LogP contribution in [0.15, 0.2) is 0 Å². The first-order valence-electron chi connectivity index (χ1n) is 4.79. The highest BCUT2D eigenvalue weighted by Gasteiger charge is 2.35. The van der Waals surface area contributed by atoms with Gasteiger partial charge in [0.25, 0.3) is 0 Å². The predicted molar refractivity (Wildman–Crippen MR) is 54.2 cm³/mol. The molecule has 0 aromatic heterocycles. The van der Waals surface area contributed by atoms with Crippen molar-refractivity contribution >= 4 is 15.9 Å². The maximum atomic E-state index is 3.65. The third kappa shape index (κ3) is 1.99. The first kappa shape index (κ1) is 9.57. The molecule has 0 N–H and O–H groups in total. The Morgan fingerprint density at radius 2 is 2.09 bits per heavy atom. The van der Waals surface area contributed by atoms with Gasteiger partial charge in [0.2, 0.25) is 0 Å². The molecule has 1 atom stereocenters. The normalized spacial score (nSPS) is 24.3. The quantitative estimate of drug-likeness (QED) is 0.627. The summed E-state index contributed by atoms with van der Waals surface area (Å²) < 4.78 is 0. The van der Waals surface area contributed by atoms with Crippen molar-refractivity contribution in [3.8, 4) is 0 Å². The minimum atomic E-state index is 0.604. The van der Waals surface area contributed by atoms with Crippen molar-refractivity contribution in [2.75, 3.05) is 5.33 Å². The van der Waals surface area contributed by atoms with Crippen molar-refractivity contribution < 1.29 is 0 Å². The van der Waals surface area contributed by atoms with E-state index in [-0.39, 0.29) is 0 Å². The summed E-state index contributed by atoms with van der Waals surface area (Å²) in [7, 11) is 0. The van der Waals surface area contributed by atoms with Crippen molar-refractivity contribution in [2.45, 2.75) is 46.0 Å². The molecule has 1 aliphatic carbocycles. The molecule has 0 aromatic carbocycles. The largest absolute Gasteiger partial charge is 0.0922 e. The molecule has 11 heavy (non-hydrogen) atoms. The summed E-state index contributed by atoms with van der Waals surface area (Å²) in [5.41, 5.74) is 0.604. The molecule has 66 valence electrons. The molecule has 0 saturated heterocycles. The summed E-state index contributed by atoms with van der Waals surface area (Å²) in [4.78, 5) is 0. The zero-order valence-corrected chi connectivity index (χ0v) is 9.28. The summed E-state index contributed by atoms with van der Waals surface area (Å²) in [5, 5.41) is 1.19. The number of rotatable bonds is 4. The van der Waals surface area contributed by atoms with Gasteiger partial charge in [0.15, 0.2) is 0 Å². The second-order valence-electron chi connectivity index (χ2n) is 4.17. The Balaban J connectivity index is 2.43. The molecule has 0 aromatic rings. The van der Waals surface area contributed by atoms with Gasteiger partial charge >= 0.3 is 0 Å². The Morgan fingerprint density at radius 3 is 2.36 bits per heavy atom. The highest BCUT2D eigenvalue weighted by molar-refractivity contribution is 9.09. The van der Waals surface area contributed by atoms with Gasteiger partial charge in [0.1, 0.15) is 0 Å². The smallest absolute Gasteiger partial charge is 0.00879 e. The van der Waals surface area contributed by atoms with Crippen LogP contribution in [0.4, 0.5) is 0 Å². The van der Waals surface area contributed by atoms with Gasteiger partial charge in [-0.2, -0.15) is 0 Å². The fraction of sp³-hybridized carbons (Fsp3) is 1.00. The molecule has 0 heterocycles. The third-order valence-electron chi connectivity index (χ3n) is 3.22. The van der Waals surface area contributed by atoms with E-state index < -0.39 is 0 Å². The Labute approximate surface area is 78.9 Å². The van der Waals surface area contributed by atoms with E-state index in [9.17, 15) is 0 Å². The first-order chi connectivity index (χ1) is 5.23. The molecular formula is C10H19Br. The van der Waals surface area contributed by atoms with Gasteiger partial charge in [0, 0.05) is 5.33 Å². The van der Waals surface area contributed by atoms with Gasteiger partial charge in [-0.05, 0) is 30.6 Å². The van der Waals surface area contributed by atoms with Crippen LogP contribution in [0, 0.1) is 11.3 Å².